The average Bonchev–Trinajstić information content (AvgIpc) is 3.60. The predicted molar refractivity (Wildman–Crippen MR) is 126 cm³/mol. The van der Waals surface area contributed by atoms with Gasteiger partial charge in [-0.15, -0.1) is 0 Å². The molecule has 3 aromatic rings. The molecule has 10 heteroatoms. The number of hydrogen-bond acceptors (Lipinski definition) is 7. The minimum absolute atomic E-state index is 0.221. The maximum atomic E-state index is 13.0. The zero-order valence-corrected chi connectivity index (χ0v) is 19.8. The third kappa shape index (κ3) is 5.51. The summed E-state index contributed by atoms with van der Waals surface area (Å²) in [5, 5.41) is 3.25. The molecule has 1 amide bonds. The number of hydrogen-bond donors (Lipinski definition) is 1. The summed E-state index contributed by atoms with van der Waals surface area (Å²) < 4.78 is 13.6. The molecular formula is C24H29N5O5. The first kappa shape index (κ1) is 23.6. The highest BCUT2D eigenvalue weighted by atomic mass is 16.6. The van der Waals surface area contributed by atoms with Crippen LogP contribution in [0.25, 0.3) is 16.7 Å². The summed E-state index contributed by atoms with van der Waals surface area (Å²) in [6, 6.07) is 4.67. The van der Waals surface area contributed by atoms with Gasteiger partial charge in [-0.25, -0.2) is 19.1 Å². The van der Waals surface area contributed by atoms with Gasteiger partial charge in [0.25, 0.3) is 5.56 Å². The molecule has 0 unspecified atom stereocenters. The summed E-state index contributed by atoms with van der Waals surface area (Å²) in [6.07, 6.45) is 6.84. The number of fused-ring (bicyclic) bond motifs is 1. The Morgan fingerprint density at radius 1 is 1.21 bits per heavy atom. The second kappa shape index (κ2) is 9.38. The van der Waals surface area contributed by atoms with Crippen molar-refractivity contribution < 1.29 is 14.3 Å². The Labute approximate surface area is 196 Å². The van der Waals surface area contributed by atoms with Gasteiger partial charge < -0.3 is 14.8 Å². The van der Waals surface area contributed by atoms with Gasteiger partial charge in [0.2, 0.25) is 0 Å². The molecule has 1 aliphatic carbocycles. The highest BCUT2D eigenvalue weighted by Gasteiger charge is 2.26. The SMILES string of the molecule is Cn1c(=O)n(-c2ccc(C[C@@H](COC3CC3)NC(=O)OC(C)(C)C)cn2)c(=O)c2ccncc21. The van der Waals surface area contributed by atoms with Crippen molar-refractivity contribution in [3.63, 3.8) is 0 Å². The summed E-state index contributed by atoms with van der Waals surface area (Å²) in [4.78, 5) is 46.4. The number of nitrogens with zero attached hydrogens (tertiary/aromatic N) is 4. The van der Waals surface area contributed by atoms with Crippen LogP contribution in [-0.4, -0.2) is 49.5 Å². The molecule has 34 heavy (non-hydrogen) atoms. The van der Waals surface area contributed by atoms with E-state index in [2.05, 4.69) is 15.3 Å². The van der Waals surface area contributed by atoms with Gasteiger partial charge in [0, 0.05) is 19.4 Å². The molecule has 0 aromatic carbocycles. The Morgan fingerprint density at radius 2 is 1.97 bits per heavy atom. The maximum absolute atomic E-state index is 13.0. The van der Waals surface area contributed by atoms with Gasteiger partial charge in [-0.3, -0.25) is 14.3 Å². The van der Waals surface area contributed by atoms with E-state index in [0.29, 0.717) is 23.9 Å². The maximum Gasteiger partial charge on any atom is 0.407 e. The van der Waals surface area contributed by atoms with E-state index in [1.54, 1.807) is 52.2 Å². The third-order valence-electron chi connectivity index (χ3n) is 5.37. The van der Waals surface area contributed by atoms with Gasteiger partial charge in [0.1, 0.15) is 11.4 Å². The van der Waals surface area contributed by atoms with Crippen molar-refractivity contribution in [2.45, 2.75) is 57.8 Å². The molecular weight excluding hydrogens is 438 g/mol. The lowest BCUT2D eigenvalue weighted by molar-refractivity contribution is 0.0427. The van der Waals surface area contributed by atoms with Crippen LogP contribution in [0.4, 0.5) is 4.79 Å². The van der Waals surface area contributed by atoms with E-state index >= 15 is 0 Å². The topological polar surface area (TPSA) is 117 Å². The number of nitrogens with one attached hydrogen (secondary N) is 1. The van der Waals surface area contributed by atoms with Crippen molar-refractivity contribution >= 4 is 17.0 Å². The highest BCUT2D eigenvalue weighted by molar-refractivity contribution is 5.76. The lowest BCUT2D eigenvalue weighted by atomic mass is 10.1. The van der Waals surface area contributed by atoms with E-state index < -0.39 is 22.9 Å². The van der Waals surface area contributed by atoms with E-state index in [4.69, 9.17) is 9.47 Å². The van der Waals surface area contributed by atoms with Gasteiger partial charge >= 0.3 is 11.8 Å². The molecule has 0 bridgehead atoms. The molecule has 180 valence electrons. The monoisotopic (exact) mass is 467 g/mol. The summed E-state index contributed by atoms with van der Waals surface area (Å²) in [5.41, 5.74) is -0.294. The van der Waals surface area contributed by atoms with Gasteiger partial charge in [0.05, 0.1) is 35.9 Å². The molecule has 4 rings (SSSR count). The number of carbonyl (C=O) groups is 1. The highest BCUT2D eigenvalue weighted by Crippen LogP contribution is 2.23. The first-order chi connectivity index (χ1) is 16.1. The van der Waals surface area contributed by atoms with E-state index in [1.807, 2.05) is 0 Å². The van der Waals surface area contributed by atoms with Crippen LogP contribution in [0.15, 0.2) is 46.4 Å². The van der Waals surface area contributed by atoms with Crippen LogP contribution in [0.5, 0.6) is 0 Å². The quantitative estimate of drug-likeness (QED) is 0.565. The number of carbonyl (C=O) groups excluding carboxylic acids is 1. The largest absolute Gasteiger partial charge is 0.444 e. The van der Waals surface area contributed by atoms with E-state index in [-0.39, 0.29) is 18.0 Å². The molecule has 1 atom stereocenters. The summed E-state index contributed by atoms with van der Waals surface area (Å²) in [6.45, 7) is 5.77. The van der Waals surface area contributed by atoms with Crippen LogP contribution in [0, 0.1) is 0 Å². The summed E-state index contributed by atoms with van der Waals surface area (Å²) >= 11 is 0. The molecule has 0 aliphatic heterocycles. The normalized spacial score (nSPS) is 14.7. The Kier molecular flexibility index (Phi) is 6.52. The molecule has 3 heterocycles. The number of aromatic nitrogens is 4. The average molecular weight is 468 g/mol. The summed E-state index contributed by atoms with van der Waals surface area (Å²) in [5.74, 6) is 0.221. The molecule has 0 radical (unpaired) electrons. The van der Waals surface area contributed by atoms with Gasteiger partial charge in [-0.1, -0.05) is 6.07 Å². The molecule has 1 saturated carbocycles. The zero-order valence-electron chi connectivity index (χ0n) is 19.8. The fraction of sp³-hybridized carbons (Fsp3) is 0.458. The van der Waals surface area contributed by atoms with Crippen LogP contribution in [0.3, 0.4) is 0 Å². The standard InChI is InChI=1S/C24H29N5O5/c1-24(2,3)34-22(31)27-16(14-33-17-6-7-17)11-15-5-8-20(26-12-15)29-21(30)18-9-10-25-13-19(18)28(4)23(29)32/h5,8-10,12-13,16-17H,6-7,11,14H2,1-4H3,(H,27,31)/t16-/m0/s1. The van der Waals surface area contributed by atoms with E-state index in [1.165, 1.54) is 17.0 Å². The van der Waals surface area contributed by atoms with Crippen LogP contribution < -0.4 is 16.6 Å². The fourth-order valence-electron chi connectivity index (χ4n) is 3.56. The van der Waals surface area contributed by atoms with Gasteiger partial charge in [-0.2, -0.15) is 0 Å². The Hall–Kier alpha value is -3.53. The van der Waals surface area contributed by atoms with Crippen molar-refractivity contribution in [2.75, 3.05) is 6.61 Å². The first-order valence-electron chi connectivity index (χ1n) is 11.2. The Balaban J connectivity index is 1.55. The van der Waals surface area contributed by atoms with Crippen LogP contribution in [-0.2, 0) is 22.9 Å². The molecule has 0 spiro atoms. The molecule has 0 saturated heterocycles. The predicted octanol–water partition coefficient (Wildman–Crippen LogP) is 2.09. The number of amides is 1. The zero-order chi connectivity index (χ0) is 24.5. The van der Waals surface area contributed by atoms with Crippen LogP contribution in [0.1, 0.15) is 39.2 Å². The lowest BCUT2D eigenvalue weighted by Crippen LogP contribution is -2.43. The van der Waals surface area contributed by atoms with E-state index in [0.717, 1.165) is 23.0 Å². The summed E-state index contributed by atoms with van der Waals surface area (Å²) in [7, 11) is 1.59. The van der Waals surface area contributed by atoms with Crippen molar-refractivity contribution in [1.29, 1.82) is 0 Å². The Morgan fingerprint density at radius 3 is 2.62 bits per heavy atom. The number of rotatable bonds is 7. The first-order valence-corrected chi connectivity index (χ1v) is 11.2. The van der Waals surface area contributed by atoms with Crippen molar-refractivity contribution in [1.82, 2.24) is 24.4 Å². The second-order valence-corrected chi connectivity index (χ2v) is 9.48. The minimum atomic E-state index is -0.607. The molecule has 1 N–H and O–H groups in total. The lowest BCUT2D eigenvalue weighted by Gasteiger charge is -2.24. The molecule has 1 fully saturated rings. The van der Waals surface area contributed by atoms with Crippen molar-refractivity contribution in [3.8, 4) is 5.82 Å². The third-order valence-corrected chi connectivity index (χ3v) is 5.37. The minimum Gasteiger partial charge on any atom is -0.444 e. The van der Waals surface area contributed by atoms with Gasteiger partial charge in [0.15, 0.2) is 0 Å². The van der Waals surface area contributed by atoms with Crippen LogP contribution in [0.2, 0.25) is 0 Å². The smallest absolute Gasteiger partial charge is 0.407 e. The van der Waals surface area contributed by atoms with Crippen LogP contribution >= 0.6 is 0 Å². The molecule has 1 aliphatic rings. The Bertz CT molecular complexity index is 1300. The second-order valence-electron chi connectivity index (χ2n) is 9.48. The fourth-order valence-corrected chi connectivity index (χ4v) is 3.56. The molecule has 10 nitrogen and oxygen atoms in total. The molecule has 3 aromatic heterocycles. The van der Waals surface area contributed by atoms with Crippen molar-refractivity contribution in [2.24, 2.45) is 7.05 Å². The van der Waals surface area contributed by atoms with Crippen molar-refractivity contribution in [3.05, 3.63) is 63.2 Å². The number of aryl methyl sites for hydroxylation is 1. The van der Waals surface area contributed by atoms with E-state index in [9.17, 15) is 14.4 Å². The number of alkyl carbamates (subject to hydrolysis) is 1. The van der Waals surface area contributed by atoms with Gasteiger partial charge in [-0.05, 0) is 57.7 Å². The number of pyridine rings is 2. The number of ether oxygens (including phenoxy) is 2.